The van der Waals surface area contributed by atoms with Crippen molar-refractivity contribution >= 4 is 22.2 Å². The Morgan fingerprint density at radius 3 is 2.44 bits per heavy atom. The summed E-state index contributed by atoms with van der Waals surface area (Å²) < 4.78 is 5.37. The van der Waals surface area contributed by atoms with Gasteiger partial charge in [0.25, 0.3) is 11.5 Å². The summed E-state index contributed by atoms with van der Waals surface area (Å²) in [6.07, 6.45) is 7.99. The highest BCUT2D eigenvalue weighted by atomic mass is 32.1. The lowest BCUT2D eigenvalue weighted by Crippen LogP contribution is -2.42. The van der Waals surface area contributed by atoms with Crippen LogP contribution < -0.4 is 15.8 Å². The highest BCUT2D eigenvalue weighted by Crippen LogP contribution is 2.44. The highest BCUT2D eigenvalue weighted by Gasteiger charge is 2.31. The summed E-state index contributed by atoms with van der Waals surface area (Å²) in [7, 11) is 4.33. The van der Waals surface area contributed by atoms with Crippen LogP contribution in [0, 0.1) is 20.8 Å². The summed E-state index contributed by atoms with van der Waals surface area (Å²) in [4.78, 5) is 34.6. The average molecular weight is 511 g/mol. The van der Waals surface area contributed by atoms with Gasteiger partial charge in [0.1, 0.15) is 0 Å². The summed E-state index contributed by atoms with van der Waals surface area (Å²) in [5.74, 6) is -0.169. The number of furan rings is 1. The number of rotatable bonds is 8. The molecular weight excluding hydrogens is 472 g/mol. The Morgan fingerprint density at radius 1 is 1.17 bits per heavy atom. The quantitative estimate of drug-likeness (QED) is 0.433. The molecule has 0 spiro atoms. The minimum Gasteiger partial charge on any atom is -0.472 e. The number of aromatic nitrogens is 1. The van der Waals surface area contributed by atoms with Gasteiger partial charge < -0.3 is 24.5 Å². The molecule has 0 atom stereocenters. The Morgan fingerprint density at radius 2 is 1.86 bits per heavy atom. The van der Waals surface area contributed by atoms with Gasteiger partial charge in [0.2, 0.25) is 0 Å². The molecule has 7 nitrogen and oxygen atoms in total. The van der Waals surface area contributed by atoms with Gasteiger partial charge in [-0.25, -0.2) is 0 Å². The molecule has 3 heterocycles. The average Bonchev–Trinajstić information content (AvgIpc) is 3.48. The number of anilines is 1. The Balaban J connectivity index is 1.64. The van der Waals surface area contributed by atoms with Crippen molar-refractivity contribution in [1.82, 2.24) is 15.2 Å². The number of nitrogens with one attached hydrogen (secondary N) is 2. The molecule has 0 unspecified atom stereocenters. The molecule has 1 aliphatic rings. The molecule has 3 aromatic heterocycles. The van der Waals surface area contributed by atoms with Crippen LogP contribution in [0.25, 0.3) is 10.4 Å². The van der Waals surface area contributed by atoms with Crippen molar-refractivity contribution in [2.45, 2.75) is 72.0 Å². The van der Waals surface area contributed by atoms with Crippen LogP contribution in [0.4, 0.5) is 5.00 Å². The van der Waals surface area contributed by atoms with Crippen molar-refractivity contribution in [2.24, 2.45) is 0 Å². The monoisotopic (exact) mass is 510 g/mol. The van der Waals surface area contributed by atoms with E-state index in [0.717, 1.165) is 51.6 Å². The molecular formula is C28H38N4O3S. The second-order valence-corrected chi connectivity index (χ2v) is 11.1. The minimum atomic E-state index is -0.169. The lowest BCUT2D eigenvalue weighted by molar-refractivity contribution is 0.0951. The number of amides is 1. The predicted octanol–water partition coefficient (Wildman–Crippen LogP) is 5.25. The van der Waals surface area contributed by atoms with Crippen molar-refractivity contribution < 1.29 is 9.21 Å². The van der Waals surface area contributed by atoms with E-state index in [2.05, 4.69) is 41.1 Å². The first-order valence-corrected chi connectivity index (χ1v) is 13.6. The fourth-order valence-electron chi connectivity index (χ4n) is 5.46. The van der Waals surface area contributed by atoms with Gasteiger partial charge >= 0.3 is 0 Å². The van der Waals surface area contributed by atoms with Gasteiger partial charge in [-0.3, -0.25) is 9.59 Å². The molecule has 1 amide bonds. The first-order valence-electron chi connectivity index (χ1n) is 12.8. The fraction of sp³-hybridized carbons (Fsp3) is 0.500. The molecule has 36 heavy (non-hydrogen) atoms. The molecule has 8 heteroatoms. The van der Waals surface area contributed by atoms with E-state index in [4.69, 9.17) is 4.42 Å². The number of nitrogens with zero attached hydrogens (tertiary/aromatic N) is 2. The van der Waals surface area contributed by atoms with E-state index in [9.17, 15) is 9.59 Å². The number of carbonyl (C=O) groups excluding carboxylic acids is 1. The van der Waals surface area contributed by atoms with Crippen molar-refractivity contribution in [3.05, 3.63) is 63.0 Å². The highest BCUT2D eigenvalue weighted by molar-refractivity contribution is 7.20. The second kappa shape index (κ2) is 11.0. The molecule has 0 aromatic carbocycles. The Kier molecular flexibility index (Phi) is 8.05. The van der Waals surface area contributed by atoms with E-state index in [-0.39, 0.29) is 18.0 Å². The third-order valence-electron chi connectivity index (χ3n) is 7.49. The minimum absolute atomic E-state index is 0.156. The van der Waals surface area contributed by atoms with Crippen LogP contribution in [0.3, 0.4) is 0 Å². The molecule has 2 N–H and O–H groups in total. The Labute approximate surface area is 217 Å². The van der Waals surface area contributed by atoms with E-state index in [1.807, 2.05) is 32.9 Å². The molecule has 3 aromatic rings. The number of aromatic amines is 1. The number of pyridine rings is 1. The third-order valence-corrected chi connectivity index (χ3v) is 8.87. The summed E-state index contributed by atoms with van der Waals surface area (Å²) in [6, 6.07) is 4.93. The zero-order chi connectivity index (χ0) is 26.0. The fourth-order valence-corrected chi connectivity index (χ4v) is 6.88. The van der Waals surface area contributed by atoms with E-state index >= 15 is 0 Å². The van der Waals surface area contributed by atoms with Crippen LogP contribution in [0.15, 0.2) is 33.9 Å². The molecule has 194 valence electrons. The summed E-state index contributed by atoms with van der Waals surface area (Å²) in [5, 5.41) is 4.17. The SMILES string of the molecule is CCN(c1sc(-c2ccoc2)c(C(=O)NCc2c(C)cc(C)[nH]c2=O)c1C)[C@H]1CC[C@H](N(C)C)CC1. The number of hydrogen-bond donors (Lipinski definition) is 2. The number of H-pyrrole nitrogens is 1. The number of thiophene rings is 1. The van der Waals surface area contributed by atoms with Crippen molar-refractivity contribution in [3.8, 4) is 10.4 Å². The van der Waals surface area contributed by atoms with Crippen molar-refractivity contribution in [2.75, 3.05) is 25.5 Å². The van der Waals surface area contributed by atoms with Crippen LogP contribution in [-0.2, 0) is 6.54 Å². The maximum Gasteiger partial charge on any atom is 0.253 e. The lowest BCUT2D eigenvalue weighted by atomic mass is 9.89. The topological polar surface area (TPSA) is 81.6 Å². The summed E-state index contributed by atoms with van der Waals surface area (Å²) in [6.45, 7) is 9.07. The van der Waals surface area contributed by atoms with E-state index in [1.165, 1.54) is 12.8 Å². The van der Waals surface area contributed by atoms with Crippen LogP contribution in [-0.4, -0.2) is 48.5 Å². The van der Waals surface area contributed by atoms with Crippen LogP contribution in [0.2, 0.25) is 0 Å². The van der Waals surface area contributed by atoms with Gasteiger partial charge in [-0.1, -0.05) is 0 Å². The molecule has 0 bridgehead atoms. The van der Waals surface area contributed by atoms with Gasteiger partial charge in [0.05, 0.1) is 28.0 Å². The van der Waals surface area contributed by atoms with Crippen LogP contribution in [0.5, 0.6) is 0 Å². The van der Waals surface area contributed by atoms with Gasteiger partial charge in [0, 0.05) is 42.0 Å². The second-order valence-electron chi connectivity index (χ2n) is 10.1. The zero-order valence-corrected chi connectivity index (χ0v) is 23.1. The first-order chi connectivity index (χ1) is 17.2. The van der Waals surface area contributed by atoms with Gasteiger partial charge in [0.15, 0.2) is 0 Å². The normalized spacial score (nSPS) is 18.0. The molecule has 0 radical (unpaired) electrons. The predicted molar refractivity (Wildman–Crippen MR) is 147 cm³/mol. The van der Waals surface area contributed by atoms with Crippen LogP contribution >= 0.6 is 11.3 Å². The molecule has 1 saturated carbocycles. The number of aryl methyl sites for hydroxylation is 2. The maximum atomic E-state index is 13.6. The van der Waals surface area contributed by atoms with Crippen molar-refractivity contribution in [3.63, 3.8) is 0 Å². The molecule has 1 fully saturated rings. The number of hydrogen-bond acceptors (Lipinski definition) is 6. The molecule has 1 aliphatic carbocycles. The number of carbonyl (C=O) groups is 1. The van der Waals surface area contributed by atoms with Gasteiger partial charge in [-0.2, -0.15) is 0 Å². The van der Waals surface area contributed by atoms with Crippen molar-refractivity contribution in [1.29, 1.82) is 0 Å². The van der Waals surface area contributed by atoms with Crippen LogP contribution in [0.1, 0.15) is 65.3 Å². The van der Waals surface area contributed by atoms with Gasteiger partial charge in [-0.15, -0.1) is 11.3 Å². The smallest absolute Gasteiger partial charge is 0.253 e. The Hall–Kier alpha value is -2.84. The van der Waals surface area contributed by atoms with E-state index in [0.29, 0.717) is 23.2 Å². The zero-order valence-electron chi connectivity index (χ0n) is 22.2. The third kappa shape index (κ3) is 5.30. The van der Waals surface area contributed by atoms with Gasteiger partial charge in [-0.05, 0) is 90.7 Å². The molecule has 0 aliphatic heterocycles. The summed E-state index contributed by atoms with van der Waals surface area (Å²) in [5.41, 5.74) is 4.66. The largest absolute Gasteiger partial charge is 0.472 e. The first kappa shape index (κ1) is 26.2. The maximum absolute atomic E-state index is 13.6. The van der Waals surface area contributed by atoms with E-state index in [1.54, 1.807) is 23.9 Å². The summed E-state index contributed by atoms with van der Waals surface area (Å²) >= 11 is 1.66. The molecule has 4 rings (SSSR count). The lowest BCUT2D eigenvalue weighted by Gasteiger charge is -2.39. The van der Waals surface area contributed by atoms with E-state index < -0.39 is 0 Å². The standard InChI is InChI=1S/C28H38N4O3S/c1-7-32(22-10-8-21(9-11-22)31(5)6)28-19(4)24(25(36-28)20-12-13-35-16-20)27(34)29-15-23-17(2)14-18(3)30-26(23)33/h12-14,16,21-22H,7-11,15H2,1-6H3,(H,29,34)(H,30,33)/t21-,22-. The Bertz CT molecular complexity index is 1250. The molecule has 0 saturated heterocycles.